The molecule has 3 heteroatoms. The van der Waals surface area contributed by atoms with E-state index in [0.29, 0.717) is 6.42 Å². The zero-order chi connectivity index (χ0) is 14.4. The van der Waals surface area contributed by atoms with E-state index >= 15 is 0 Å². The summed E-state index contributed by atoms with van der Waals surface area (Å²) < 4.78 is 14.3. The number of carbonyl (C=O) groups is 1. The summed E-state index contributed by atoms with van der Waals surface area (Å²) in [6.07, 6.45) is 1.34. The molecular formula is C18H16FNO. The summed E-state index contributed by atoms with van der Waals surface area (Å²) >= 11 is 0. The van der Waals surface area contributed by atoms with Crippen LogP contribution in [0.1, 0.15) is 41.5 Å². The number of hydrogen-bond acceptors (Lipinski definition) is 1. The Kier molecular flexibility index (Phi) is 2.81. The third kappa shape index (κ3) is 1.88. The lowest BCUT2D eigenvalue weighted by molar-refractivity contribution is -0.124. The Morgan fingerprint density at radius 1 is 0.952 bits per heavy atom. The van der Waals surface area contributed by atoms with Gasteiger partial charge in [0, 0.05) is 12.3 Å². The van der Waals surface area contributed by atoms with Gasteiger partial charge in [-0.25, -0.2) is 4.39 Å². The molecule has 1 N–H and O–H groups in total. The number of piperidine rings is 1. The number of nitrogens with one attached hydrogen (secondary N) is 1. The maximum atomic E-state index is 14.3. The average molecular weight is 281 g/mol. The molecule has 0 radical (unpaired) electrons. The van der Waals surface area contributed by atoms with Crippen molar-refractivity contribution >= 4 is 5.91 Å². The Labute approximate surface area is 123 Å². The van der Waals surface area contributed by atoms with Crippen molar-refractivity contribution in [2.24, 2.45) is 5.92 Å². The molecule has 2 aliphatic rings. The van der Waals surface area contributed by atoms with E-state index in [-0.39, 0.29) is 29.6 Å². The molecule has 1 fully saturated rings. The molecule has 1 aliphatic carbocycles. The van der Waals surface area contributed by atoms with E-state index < -0.39 is 0 Å². The van der Waals surface area contributed by atoms with Crippen LogP contribution in [0.5, 0.6) is 0 Å². The van der Waals surface area contributed by atoms with Crippen molar-refractivity contribution in [3.8, 4) is 0 Å². The van der Waals surface area contributed by atoms with Crippen molar-refractivity contribution in [2.45, 2.75) is 24.8 Å². The van der Waals surface area contributed by atoms with Crippen LogP contribution in [0.25, 0.3) is 0 Å². The van der Waals surface area contributed by atoms with Crippen molar-refractivity contribution in [3.05, 3.63) is 71.0 Å². The molecule has 0 saturated carbocycles. The van der Waals surface area contributed by atoms with Crippen LogP contribution >= 0.6 is 0 Å². The lowest BCUT2D eigenvalue weighted by Crippen LogP contribution is -2.37. The van der Waals surface area contributed by atoms with Gasteiger partial charge in [0.05, 0.1) is 6.04 Å². The number of halogens is 1. The molecule has 1 amide bonds. The van der Waals surface area contributed by atoms with Crippen LogP contribution in [0.15, 0.2) is 48.5 Å². The van der Waals surface area contributed by atoms with Gasteiger partial charge < -0.3 is 5.32 Å². The number of carbonyl (C=O) groups excluding carboxylic acids is 1. The minimum atomic E-state index is -0.158. The Balaban J connectivity index is 1.87. The molecule has 1 aliphatic heterocycles. The van der Waals surface area contributed by atoms with E-state index in [9.17, 15) is 9.18 Å². The topological polar surface area (TPSA) is 29.1 Å². The molecule has 4 rings (SSSR count). The second kappa shape index (κ2) is 4.69. The molecule has 2 aromatic rings. The maximum Gasteiger partial charge on any atom is 0.220 e. The van der Waals surface area contributed by atoms with E-state index in [0.717, 1.165) is 23.1 Å². The largest absolute Gasteiger partial charge is 0.349 e. The zero-order valence-corrected chi connectivity index (χ0v) is 11.6. The van der Waals surface area contributed by atoms with E-state index in [1.807, 2.05) is 24.3 Å². The number of benzene rings is 2. The zero-order valence-electron chi connectivity index (χ0n) is 11.6. The summed E-state index contributed by atoms with van der Waals surface area (Å²) in [5, 5.41) is 3.09. The number of hydrogen-bond donors (Lipinski definition) is 1. The van der Waals surface area contributed by atoms with Crippen molar-refractivity contribution in [3.63, 3.8) is 0 Å². The minimum Gasteiger partial charge on any atom is -0.349 e. The number of fused-ring (bicyclic) bond motifs is 3. The number of rotatable bonds is 1. The van der Waals surface area contributed by atoms with Gasteiger partial charge in [0.2, 0.25) is 5.91 Å². The fourth-order valence-corrected chi connectivity index (χ4v) is 3.92. The fraction of sp³-hybridized carbons (Fsp3) is 0.278. The quantitative estimate of drug-likeness (QED) is 0.851. The van der Waals surface area contributed by atoms with Crippen LogP contribution < -0.4 is 5.32 Å². The van der Waals surface area contributed by atoms with Crippen LogP contribution in [0.3, 0.4) is 0 Å². The molecule has 21 heavy (non-hydrogen) atoms. The fourth-order valence-electron chi connectivity index (χ4n) is 3.92. The van der Waals surface area contributed by atoms with Crippen molar-refractivity contribution in [1.82, 2.24) is 5.32 Å². The van der Waals surface area contributed by atoms with Gasteiger partial charge in [-0.2, -0.15) is 0 Å². The first-order valence-electron chi connectivity index (χ1n) is 7.38. The molecule has 0 bridgehead atoms. The molecule has 106 valence electrons. The SMILES string of the molecule is O=C1CC[C@H]2[C@@H](c3ccccc3F)c3ccccc3[C@H]2N1. The van der Waals surface area contributed by atoms with Gasteiger partial charge >= 0.3 is 0 Å². The van der Waals surface area contributed by atoms with E-state index in [1.165, 1.54) is 6.07 Å². The predicted octanol–water partition coefficient (Wildman–Crippen LogP) is 3.54. The lowest BCUT2D eigenvalue weighted by Gasteiger charge is -2.30. The summed E-state index contributed by atoms with van der Waals surface area (Å²) in [5.41, 5.74) is 3.04. The summed E-state index contributed by atoms with van der Waals surface area (Å²) in [4.78, 5) is 11.7. The van der Waals surface area contributed by atoms with Gasteiger partial charge in [0.15, 0.2) is 0 Å². The highest BCUT2D eigenvalue weighted by molar-refractivity contribution is 5.78. The van der Waals surface area contributed by atoms with Crippen LogP contribution in [0.4, 0.5) is 4.39 Å². The van der Waals surface area contributed by atoms with Gasteiger partial charge in [-0.1, -0.05) is 42.5 Å². The van der Waals surface area contributed by atoms with Crippen LogP contribution in [0, 0.1) is 11.7 Å². The average Bonchev–Trinajstić information content (AvgIpc) is 2.82. The summed E-state index contributed by atoms with van der Waals surface area (Å²) in [7, 11) is 0. The first kappa shape index (κ1) is 12.6. The molecule has 0 aromatic heterocycles. The third-order valence-corrected chi connectivity index (χ3v) is 4.78. The van der Waals surface area contributed by atoms with Crippen LogP contribution in [0.2, 0.25) is 0 Å². The van der Waals surface area contributed by atoms with Gasteiger partial charge in [-0.05, 0) is 35.1 Å². The van der Waals surface area contributed by atoms with Gasteiger partial charge in [0.25, 0.3) is 0 Å². The number of amides is 1. The minimum absolute atomic E-state index is 0.0204. The van der Waals surface area contributed by atoms with E-state index in [2.05, 4.69) is 17.4 Å². The first-order chi connectivity index (χ1) is 10.3. The molecule has 1 heterocycles. The van der Waals surface area contributed by atoms with E-state index in [4.69, 9.17) is 0 Å². The second-order valence-corrected chi connectivity index (χ2v) is 5.88. The molecule has 0 spiro atoms. The van der Waals surface area contributed by atoms with Crippen LogP contribution in [-0.2, 0) is 4.79 Å². The Hall–Kier alpha value is -2.16. The maximum absolute atomic E-state index is 14.3. The molecular weight excluding hydrogens is 265 g/mol. The highest BCUT2D eigenvalue weighted by Crippen LogP contribution is 2.52. The van der Waals surface area contributed by atoms with Crippen molar-refractivity contribution in [2.75, 3.05) is 0 Å². The Morgan fingerprint density at radius 2 is 1.62 bits per heavy atom. The summed E-state index contributed by atoms with van der Waals surface area (Å²) in [6, 6.07) is 15.1. The first-order valence-corrected chi connectivity index (χ1v) is 7.38. The lowest BCUT2D eigenvalue weighted by atomic mass is 9.80. The molecule has 1 saturated heterocycles. The highest BCUT2D eigenvalue weighted by atomic mass is 19.1. The molecule has 0 unspecified atom stereocenters. The van der Waals surface area contributed by atoms with Crippen molar-refractivity contribution in [1.29, 1.82) is 0 Å². The molecule has 3 atom stereocenters. The highest BCUT2D eigenvalue weighted by Gasteiger charge is 2.44. The van der Waals surface area contributed by atoms with Gasteiger partial charge in [-0.3, -0.25) is 4.79 Å². The normalized spacial score (nSPS) is 26.9. The second-order valence-electron chi connectivity index (χ2n) is 5.88. The standard InChI is InChI=1S/C18H16FNO/c19-15-8-4-3-7-13(15)17-11-5-1-2-6-12(11)18-14(17)9-10-16(21)20-18/h1-8,14,17-18H,9-10H2,(H,20,21)/t14-,17+,18+/m0/s1. The molecule has 2 nitrogen and oxygen atoms in total. The van der Waals surface area contributed by atoms with E-state index in [1.54, 1.807) is 6.07 Å². The van der Waals surface area contributed by atoms with Gasteiger partial charge in [0.1, 0.15) is 5.82 Å². The Bertz CT molecular complexity index is 712. The van der Waals surface area contributed by atoms with Crippen molar-refractivity contribution < 1.29 is 9.18 Å². The predicted molar refractivity (Wildman–Crippen MR) is 78.3 cm³/mol. The monoisotopic (exact) mass is 281 g/mol. The Morgan fingerprint density at radius 3 is 2.38 bits per heavy atom. The summed E-state index contributed by atoms with van der Waals surface area (Å²) in [6.45, 7) is 0. The smallest absolute Gasteiger partial charge is 0.220 e. The molecule has 2 aromatic carbocycles. The van der Waals surface area contributed by atoms with Gasteiger partial charge in [-0.15, -0.1) is 0 Å². The summed E-state index contributed by atoms with van der Waals surface area (Å²) in [5.74, 6) is 0.222. The van der Waals surface area contributed by atoms with Crippen LogP contribution in [-0.4, -0.2) is 5.91 Å². The third-order valence-electron chi connectivity index (χ3n) is 4.78.